The van der Waals surface area contributed by atoms with Crippen molar-refractivity contribution in [2.24, 2.45) is 11.3 Å². The Morgan fingerprint density at radius 1 is 1.22 bits per heavy atom. The van der Waals surface area contributed by atoms with Gasteiger partial charge in [0.15, 0.2) is 0 Å². The lowest BCUT2D eigenvalue weighted by Crippen LogP contribution is -2.37. The summed E-state index contributed by atoms with van der Waals surface area (Å²) in [6.45, 7) is 8.57. The summed E-state index contributed by atoms with van der Waals surface area (Å²) in [4.78, 5) is 23.0. The van der Waals surface area contributed by atoms with Crippen molar-refractivity contribution in [3.63, 3.8) is 0 Å². The first-order valence-corrected chi connectivity index (χ1v) is 6.88. The van der Waals surface area contributed by atoms with E-state index >= 15 is 0 Å². The topological polar surface area (TPSA) is 66.4 Å². The van der Waals surface area contributed by atoms with E-state index in [9.17, 15) is 14.7 Å². The number of hydrogen-bond donors (Lipinski definition) is 2. The van der Waals surface area contributed by atoms with E-state index in [1.807, 2.05) is 13.8 Å². The Balaban J connectivity index is 4.16. The zero-order valence-corrected chi connectivity index (χ0v) is 12.1. The number of nitrogens with one attached hydrogen (secondary N) is 1. The number of carboxylic acids is 1. The molecular formula is C14H27NO3. The predicted molar refractivity (Wildman–Crippen MR) is 72.3 cm³/mol. The first-order valence-electron chi connectivity index (χ1n) is 6.88. The molecule has 0 aliphatic carbocycles. The molecule has 0 fully saturated rings. The molecule has 0 aliphatic heterocycles. The van der Waals surface area contributed by atoms with Crippen molar-refractivity contribution < 1.29 is 14.7 Å². The second-order valence-electron chi connectivity index (χ2n) is 5.36. The normalized spacial score (nSPS) is 11.6. The van der Waals surface area contributed by atoms with Crippen LogP contribution in [-0.4, -0.2) is 23.5 Å². The molecule has 0 aliphatic rings. The molecule has 18 heavy (non-hydrogen) atoms. The largest absolute Gasteiger partial charge is 0.481 e. The van der Waals surface area contributed by atoms with Gasteiger partial charge in [-0.05, 0) is 31.6 Å². The minimum Gasteiger partial charge on any atom is -0.481 e. The van der Waals surface area contributed by atoms with E-state index in [0.717, 1.165) is 12.8 Å². The first-order chi connectivity index (χ1) is 8.38. The molecule has 0 unspecified atom stereocenters. The lowest BCUT2D eigenvalue weighted by atomic mass is 9.79. The molecule has 2 N–H and O–H groups in total. The summed E-state index contributed by atoms with van der Waals surface area (Å²) in [5.74, 6) is -0.388. The third-order valence-corrected chi connectivity index (χ3v) is 3.59. The van der Waals surface area contributed by atoms with Crippen LogP contribution in [0.15, 0.2) is 0 Å². The van der Waals surface area contributed by atoms with Crippen LogP contribution in [0.25, 0.3) is 0 Å². The van der Waals surface area contributed by atoms with Gasteiger partial charge in [0.2, 0.25) is 5.91 Å². The van der Waals surface area contributed by atoms with Crippen molar-refractivity contribution in [3.05, 3.63) is 0 Å². The fraction of sp³-hybridized carbons (Fsp3) is 0.857. The minimum absolute atomic E-state index is 0.0804. The van der Waals surface area contributed by atoms with Gasteiger partial charge in [0, 0.05) is 13.0 Å². The maximum atomic E-state index is 11.8. The van der Waals surface area contributed by atoms with E-state index < -0.39 is 11.4 Å². The molecule has 0 heterocycles. The van der Waals surface area contributed by atoms with Gasteiger partial charge >= 0.3 is 5.97 Å². The molecule has 0 aromatic heterocycles. The predicted octanol–water partition coefficient (Wildman–Crippen LogP) is 2.82. The molecule has 0 rings (SSSR count). The van der Waals surface area contributed by atoms with Crippen molar-refractivity contribution in [1.82, 2.24) is 5.32 Å². The zero-order chi connectivity index (χ0) is 14.2. The lowest BCUT2D eigenvalue weighted by molar-refractivity contribution is -0.152. The van der Waals surface area contributed by atoms with E-state index in [1.54, 1.807) is 0 Å². The van der Waals surface area contributed by atoms with Crippen LogP contribution >= 0.6 is 0 Å². The second-order valence-corrected chi connectivity index (χ2v) is 5.36. The highest BCUT2D eigenvalue weighted by atomic mass is 16.4. The third kappa shape index (κ3) is 5.52. The molecule has 0 saturated carbocycles. The molecule has 4 heteroatoms. The quantitative estimate of drug-likeness (QED) is 0.624. The van der Waals surface area contributed by atoms with Crippen molar-refractivity contribution in [2.75, 3.05) is 6.54 Å². The average Bonchev–Trinajstić information content (AvgIpc) is 2.31. The fourth-order valence-electron chi connectivity index (χ4n) is 1.99. The molecule has 1 amide bonds. The molecule has 0 aromatic rings. The Morgan fingerprint density at radius 3 is 2.17 bits per heavy atom. The van der Waals surface area contributed by atoms with Crippen molar-refractivity contribution in [2.45, 2.75) is 59.8 Å². The SMILES string of the molecule is CCC(CC)(CC(=O)NCCCC(C)C)C(=O)O. The molecule has 0 aromatic carbocycles. The standard InChI is InChI=1S/C14H27NO3/c1-5-14(6-2,13(17)18)10-12(16)15-9-7-8-11(3)4/h11H,5-10H2,1-4H3,(H,15,16)(H,17,18). The number of rotatable bonds is 9. The van der Waals surface area contributed by atoms with Crippen LogP contribution in [-0.2, 0) is 9.59 Å². The highest BCUT2D eigenvalue weighted by Crippen LogP contribution is 2.30. The summed E-state index contributed by atoms with van der Waals surface area (Å²) in [7, 11) is 0. The smallest absolute Gasteiger partial charge is 0.310 e. The molecule has 4 nitrogen and oxygen atoms in total. The Morgan fingerprint density at radius 2 is 1.78 bits per heavy atom. The molecular weight excluding hydrogens is 230 g/mol. The monoisotopic (exact) mass is 257 g/mol. The van der Waals surface area contributed by atoms with Gasteiger partial charge in [0.25, 0.3) is 0 Å². The summed E-state index contributed by atoms with van der Waals surface area (Å²) in [5.41, 5.74) is -0.901. The Labute approximate surface area is 110 Å². The minimum atomic E-state index is -0.901. The van der Waals surface area contributed by atoms with Gasteiger partial charge in [0.1, 0.15) is 0 Å². The summed E-state index contributed by atoms with van der Waals surface area (Å²) >= 11 is 0. The van der Waals surface area contributed by atoms with E-state index in [2.05, 4.69) is 19.2 Å². The maximum Gasteiger partial charge on any atom is 0.310 e. The third-order valence-electron chi connectivity index (χ3n) is 3.59. The number of carbonyl (C=O) groups is 2. The van der Waals surface area contributed by atoms with Crippen LogP contribution in [0.3, 0.4) is 0 Å². The molecule has 0 bridgehead atoms. The number of hydrogen-bond acceptors (Lipinski definition) is 2. The average molecular weight is 257 g/mol. The Kier molecular flexibility index (Phi) is 7.64. The van der Waals surface area contributed by atoms with E-state index in [0.29, 0.717) is 25.3 Å². The number of aliphatic carboxylic acids is 1. The van der Waals surface area contributed by atoms with Gasteiger partial charge in [-0.3, -0.25) is 9.59 Å². The van der Waals surface area contributed by atoms with Crippen LogP contribution in [0.1, 0.15) is 59.8 Å². The lowest BCUT2D eigenvalue weighted by Gasteiger charge is -2.25. The van der Waals surface area contributed by atoms with Crippen LogP contribution in [0.2, 0.25) is 0 Å². The van der Waals surface area contributed by atoms with Gasteiger partial charge in [-0.1, -0.05) is 27.7 Å². The van der Waals surface area contributed by atoms with Gasteiger partial charge in [-0.15, -0.1) is 0 Å². The van der Waals surface area contributed by atoms with Gasteiger partial charge in [0.05, 0.1) is 5.41 Å². The summed E-state index contributed by atoms with van der Waals surface area (Å²) in [6, 6.07) is 0. The maximum absolute atomic E-state index is 11.8. The molecule has 0 atom stereocenters. The van der Waals surface area contributed by atoms with Crippen molar-refractivity contribution in [1.29, 1.82) is 0 Å². The van der Waals surface area contributed by atoms with E-state index in [-0.39, 0.29) is 12.3 Å². The fourth-order valence-corrected chi connectivity index (χ4v) is 1.99. The zero-order valence-electron chi connectivity index (χ0n) is 12.1. The van der Waals surface area contributed by atoms with Gasteiger partial charge in [-0.2, -0.15) is 0 Å². The van der Waals surface area contributed by atoms with Gasteiger partial charge in [-0.25, -0.2) is 0 Å². The van der Waals surface area contributed by atoms with Crippen LogP contribution in [0.5, 0.6) is 0 Å². The second kappa shape index (κ2) is 8.11. The summed E-state index contributed by atoms with van der Waals surface area (Å²) in [5, 5.41) is 12.1. The van der Waals surface area contributed by atoms with Gasteiger partial charge < -0.3 is 10.4 Å². The number of carboxylic acid groups (broad SMARTS) is 1. The van der Waals surface area contributed by atoms with Crippen LogP contribution < -0.4 is 5.32 Å². The molecule has 0 saturated heterocycles. The highest BCUT2D eigenvalue weighted by molar-refractivity contribution is 5.84. The van der Waals surface area contributed by atoms with E-state index in [4.69, 9.17) is 0 Å². The molecule has 106 valence electrons. The molecule has 0 radical (unpaired) electrons. The first kappa shape index (κ1) is 16.9. The number of amides is 1. The molecule has 0 spiro atoms. The highest BCUT2D eigenvalue weighted by Gasteiger charge is 2.36. The van der Waals surface area contributed by atoms with Crippen LogP contribution in [0, 0.1) is 11.3 Å². The Hall–Kier alpha value is -1.06. The summed E-state index contributed by atoms with van der Waals surface area (Å²) < 4.78 is 0. The van der Waals surface area contributed by atoms with Crippen molar-refractivity contribution in [3.8, 4) is 0 Å². The Bertz CT molecular complexity index is 270. The van der Waals surface area contributed by atoms with Crippen LogP contribution in [0.4, 0.5) is 0 Å². The van der Waals surface area contributed by atoms with E-state index in [1.165, 1.54) is 0 Å². The number of carbonyl (C=O) groups excluding carboxylic acids is 1. The summed E-state index contributed by atoms with van der Waals surface area (Å²) in [6.07, 6.45) is 3.07. The van der Waals surface area contributed by atoms with Crippen molar-refractivity contribution >= 4 is 11.9 Å².